The van der Waals surface area contributed by atoms with Crippen LogP contribution in [0.25, 0.3) is 0 Å². The summed E-state index contributed by atoms with van der Waals surface area (Å²) in [6, 6.07) is 8.54. The highest BCUT2D eigenvalue weighted by Gasteiger charge is 2.21. The van der Waals surface area contributed by atoms with Gasteiger partial charge in [0.15, 0.2) is 0 Å². The average Bonchev–Trinajstić information content (AvgIpc) is 2.48. The highest BCUT2D eigenvalue weighted by atomic mass is 35.5. The van der Waals surface area contributed by atoms with Crippen LogP contribution >= 0.6 is 11.6 Å². The van der Waals surface area contributed by atoms with Crippen molar-refractivity contribution in [3.8, 4) is 0 Å². The largest absolute Gasteiger partial charge is 0.370 e. The van der Waals surface area contributed by atoms with Crippen LogP contribution in [-0.2, 0) is 4.79 Å². The van der Waals surface area contributed by atoms with E-state index >= 15 is 0 Å². The van der Waals surface area contributed by atoms with Gasteiger partial charge < -0.3 is 10.6 Å². The van der Waals surface area contributed by atoms with Crippen LogP contribution in [0.1, 0.15) is 16.8 Å². The van der Waals surface area contributed by atoms with Crippen LogP contribution in [-0.4, -0.2) is 18.4 Å². The standard InChI is InChI=1S/C16H13ClF2N2O2/c17-14-9-11(19)3-6-13(14)16(23)21(8-7-15(20)22)12-4-1-10(18)2-5-12/h1-6,9H,7-8H2,(H2,20,22). The first-order chi connectivity index (χ1) is 10.9. The third-order valence-electron chi connectivity index (χ3n) is 3.13. The van der Waals surface area contributed by atoms with Crippen molar-refractivity contribution in [3.05, 3.63) is 64.7 Å². The van der Waals surface area contributed by atoms with Gasteiger partial charge in [-0.25, -0.2) is 8.78 Å². The predicted molar refractivity (Wildman–Crippen MR) is 83.3 cm³/mol. The van der Waals surface area contributed by atoms with E-state index in [-0.39, 0.29) is 23.6 Å². The van der Waals surface area contributed by atoms with Crippen LogP contribution in [0.15, 0.2) is 42.5 Å². The number of carbonyl (C=O) groups is 2. The minimum atomic E-state index is -0.588. The van der Waals surface area contributed by atoms with Crippen molar-refractivity contribution in [1.82, 2.24) is 0 Å². The van der Waals surface area contributed by atoms with Crippen molar-refractivity contribution in [2.75, 3.05) is 11.4 Å². The Hall–Kier alpha value is -2.47. The van der Waals surface area contributed by atoms with E-state index in [1.807, 2.05) is 0 Å². The fourth-order valence-corrected chi connectivity index (χ4v) is 2.25. The summed E-state index contributed by atoms with van der Waals surface area (Å²) in [5.74, 6) is -2.16. The van der Waals surface area contributed by atoms with E-state index in [2.05, 4.69) is 0 Å². The lowest BCUT2D eigenvalue weighted by atomic mass is 10.1. The molecule has 0 atom stereocenters. The summed E-state index contributed by atoms with van der Waals surface area (Å²) in [5.41, 5.74) is 5.56. The molecule has 7 heteroatoms. The summed E-state index contributed by atoms with van der Waals surface area (Å²) in [6.07, 6.45) is -0.0814. The zero-order chi connectivity index (χ0) is 17.0. The molecule has 0 radical (unpaired) electrons. The number of hydrogen-bond donors (Lipinski definition) is 1. The molecule has 0 aromatic heterocycles. The highest BCUT2D eigenvalue weighted by Crippen LogP contribution is 2.23. The van der Waals surface area contributed by atoms with Gasteiger partial charge in [0.2, 0.25) is 5.91 Å². The number of halogens is 3. The molecule has 0 saturated carbocycles. The van der Waals surface area contributed by atoms with E-state index in [4.69, 9.17) is 17.3 Å². The van der Waals surface area contributed by atoms with Crippen LogP contribution in [0.4, 0.5) is 14.5 Å². The molecule has 120 valence electrons. The molecule has 2 aromatic carbocycles. The van der Waals surface area contributed by atoms with E-state index < -0.39 is 23.4 Å². The zero-order valence-corrected chi connectivity index (χ0v) is 12.7. The molecule has 0 bridgehead atoms. The second-order valence-corrected chi connectivity index (χ2v) is 5.18. The van der Waals surface area contributed by atoms with Crippen LogP contribution in [0, 0.1) is 11.6 Å². The molecule has 0 spiro atoms. The Bertz CT molecular complexity index is 735. The molecule has 0 saturated heterocycles. The molecule has 0 aliphatic rings. The molecule has 0 aliphatic carbocycles. The van der Waals surface area contributed by atoms with Crippen molar-refractivity contribution in [3.63, 3.8) is 0 Å². The number of hydrogen-bond acceptors (Lipinski definition) is 2. The number of nitrogens with zero attached hydrogens (tertiary/aromatic N) is 1. The van der Waals surface area contributed by atoms with Gasteiger partial charge in [-0.3, -0.25) is 9.59 Å². The molecule has 23 heavy (non-hydrogen) atoms. The van der Waals surface area contributed by atoms with Crippen LogP contribution in [0.3, 0.4) is 0 Å². The first-order valence-electron chi connectivity index (χ1n) is 6.69. The molecule has 0 unspecified atom stereocenters. The van der Waals surface area contributed by atoms with Gasteiger partial charge in [-0.1, -0.05) is 11.6 Å². The summed E-state index contributed by atoms with van der Waals surface area (Å²) in [6.45, 7) is -0.00644. The molecule has 2 rings (SSSR count). The molecule has 2 aromatic rings. The third kappa shape index (κ3) is 4.26. The number of amides is 2. The van der Waals surface area contributed by atoms with E-state index in [1.54, 1.807) is 0 Å². The van der Waals surface area contributed by atoms with E-state index in [0.29, 0.717) is 5.69 Å². The summed E-state index contributed by atoms with van der Waals surface area (Å²) >= 11 is 5.90. The second-order valence-electron chi connectivity index (χ2n) is 4.77. The van der Waals surface area contributed by atoms with Gasteiger partial charge in [-0.2, -0.15) is 0 Å². The highest BCUT2D eigenvalue weighted by molar-refractivity contribution is 6.34. The maximum atomic E-state index is 13.1. The monoisotopic (exact) mass is 338 g/mol. The lowest BCUT2D eigenvalue weighted by Gasteiger charge is -2.23. The Labute approximate surface area is 136 Å². The number of carbonyl (C=O) groups excluding carboxylic acids is 2. The minimum Gasteiger partial charge on any atom is -0.370 e. The number of benzene rings is 2. The number of anilines is 1. The van der Waals surface area contributed by atoms with Crippen molar-refractivity contribution in [1.29, 1.82) is 0 Å². The molecule has 0 aliphatic heterocycles. The maximum absolute atomic E-state index is 13.1. The molecule has 2 N–H and O–H groups in total. The first kappa shape index (κ1) is 16.9. The third-order valence-corrected chi connectivity index (χ3v) is 3.44. The van der Waals surface area contributed by atoms with Gasteiger partial charge in [0.25, 0.3) is 5.91 Å². The summed E-state index contributed by atoms with van der Waals surface area (Å²) in [5, 5.41) is -0.0545. The summed E-state index contributed by atoms with van der Waals surface area (Å²) < 4.78 is 26.2. The fraction of sp³-hybridized carbons (Fsp3) is 0.125. The molecular weight excluding hydrogens is 326 g/mol. The molecule has 2 amide bonds. The van der Waals surface area contributed by atoms with Crippen LogP contribution in [0.2, 0.25) is 5.02 Å². The number of rotatable bonds is 5. The topological polar surface area (TPSA) is 63.4 Å². The Balaban J connectivity index is 2.37. The van der Waals surface area contributed by atoms with Crippen LogP contribution < -0.4 is 10.6 Å². The maximum Gasteiger partial charge on any atom is 0.259 e. The molecule has 4 nitrogen and oxygen atoms in total. The second kappa shape index (κ2) is 7.19. The Morgan fingerprint density at radius 2 is 1.65 bits per heavy atom. The predicted octanol–water partition coefficient (Wildman–Crippen LogP) is 3.14. The molecule has 0 fully saturated rings. The lowest BCUT2D eigenvalue weighted by Crippen LogP contribution is -2.34. The van der Waals surface area contributed by atoms with Gasteiger partial charge in [0.05, 0.1) is 10.6 Å². The van der Waals surface area contributed by atoms with Gasteiger partial charge in [0.1, 0.15) is 11.6 Å². The Kier molecular flexibility index (Phi) is 5.28. The summed E-state index contributed by atoms with van der Waals surface area (Å²) in [7, 11) is 0. The Morgan fingerprint density at radius 1 is 1.04 bits per heavy atom. The van der Waals surface area contributed by atoms with Crippen molar-refractivity contribution in [2.45, 2.75) is 6.42 Å². The van der Waals surface area contributed by atoms with E-state index in [9.17, 15) is 18.4 Å². The van der Waals surface area contributed by atoms with Gasteiger partial charge in [-0.15, -0.1) is 0 Å². The lowest BCUT2D eigenvalue weighted by molar-refractivity contribution is -0.117. The molecule has 0 heterocycles. The van der Waals surface area contributed by atoms with Crippen LogP contribution in [0.5, 0.6) is 0 Å². The Morgan fingerprint density at radius 3 is 2.22 bits per heavy atom. The van der Waals surface area contributed by atoms with Gasteiger partial charge >= 0.3 is 0 Å². The quantitative estimate of drug-likeness (QED) is 0.910. The van der Waals surface area contributed by atoms with Crippen molar-refractivity contribution in [2.24, 2.45) is 5.73 Å². The van der Waals surface area contributed by atoms with E-state index in [1.165, 1.54) is 35.2 Å². The normalized spacial score (nSPS) is 10.4. The molecular formula is C16H13ClF2N2O2. The van der Waals surface area contributed by atoms with Gasteiger partial charge in [0, 0.05) is 18.7 Å². The number of nitrogens with two attached hydrogens (primary N) is 1. The number of primary amides is 1. The SMILES string of the molecule is NC(=O)CCN(C(=O)c1ccc(F)cc1Cl)c1ccc(F)cc1. The van der Waals surface area contributed by atoms with Crippen molar-refractivity contribution < 1.29 is 18.4 Å². The fourth-order valence-electron chi connectivity index (χ4n) is 2.00. The minimum absolute atomic E-state index is 0.00644. The smallest absolute Gasteiger partial charge is 0.259 e. The van der Waals surface area contributed by atoms with Crippen molar-refractivity contribution >= 4 is 29.1 Å². The zero-order valence-electron chi connectivity index (χ0n) is 11.9. The van der Waals surface area contributed by atoms with Gasteiger partial charge in [-0.05, 0) is 42.5 Å². The van der Waals surface area contributed by atoms with E-state index in [0.717, 1.165) is 12.1 Å². The average molecular weight is 339 g/mol. The first-order valence-corrected chi connectivity index (χ1v) is 7.07. The summed E-state index contributed by atoms with van der Waals surface area (Å²) in [4.78, 5) is 24.9.